The lowest BCUT2D eigenvalue weighted by molar-refractivity contribution is 0.209. The molecule has 1 fully saturated rings. The Morgan fingerprint density at radius 1 is 1.25 bits per heavy atom. The van der Waals surface area contributed by atoms with Crippen LogP contribution in [0.4, 0.5) is 0 Å². The highest BCUT2D eigenvalue weighted by molar-refractivity contribution is 7.84. The monoisotopic (exact) mass is 237 g/mol. The van der Waals surface area contributed by atoms with Crippen LogP contribution in [0.5, 0.6) is 0 Å². The molecule has 1 aliphatic rings. The third-order valence-corrected chi connectivity index (χ3v) is 4.80. The molecule has 0 N–H and O–H groups in total. The topological polar surface area (TPSA) is 20.3 Å². The predicted octanol–water partition coefficient (Wildman–Crippen LogP) is 2.90. The summed E-state index contributed by atoms with van der Waals surface area (Å²) in [5, 5.41) is 0. The third kappa shape index (κ3) is 2.20. The van der Waals surface area contributed by atoms with E-state index in [9.17, 15) is 4.21 Å². The van der Waals surface area contributed by atoms with E-state index in [-0.39, 0.29) is 4.75 Å². The van der Waals surface area contributed by atoms with Gasteiger partial charge in [0.25, 0.3) is 0 Å². The van der Waals surface area contributed by atoms with Crippen molar-refractivity contribution in [3.05, 3.63) is 35.9 Å². The van der Waals surface area contributed by atoms with E-state index in [2.05, 4.69) is 16.4 Å². The lowest BCUT2D eigenvalue weighted by Crippen LogP contribution is -2.47. The summed E-state index contributed by atoms with van der Waals surface area (Å²) in [5.74, 6) is 0. The molecular weight excluding hydrogens is 218 g/mol. The third-order valence-electron chi connectivity index (χ3n) is 2.89. The zero-order chi connectivity index (χ0) is 11.8. The molecule has 16 heavy (non-hydrogen) atoms. The molecule has 3 heteroatoms. The van der Waals surface area contributed by atoms with E-state index in [1.54, 1.807) is 0 Å². The van der Waals surface area contributed by atoms with Crippen LogP contribution in [0.1, 0.15) is 38.8 Å². The normalized spacial score (nSPS) is 23.8. The lowest BCUT2D eigenvalue weighted by Gasteiger charge is -2.43. The second-order valence-electron chi connectivity index (χ2n) is 5.22. The molecule has 2 atom stereocenters. The van der Waals surface area contributed by atoms with Gasteiger partial charge in [0.1, 0.15) is 11.0 Å². The molecule has 1 saturated heterocycles. The van der Waals surface area contributed by atoms with Crippen molar-refractivity contribution in [3.63, 3.8) is 0 Å². The van der Waals surface area contributed by atoms with E-state index in [0.717, 1.165) is 13.0 Å². The molecular formula is C13H19NOS. The van der Waals surface area contributed by atoms with E-state index in [0.29, 0.717) is 6.04 Å². The first-order valence-electron chi connectivity index (χ1n) is 5.74. The van der Waals surface area contributed by atoms with Gasteiger partial charge in [0.2, 0.25) is 0 Å². The van der Waals surface area contributed by atoms with E-state index in [1.807, 2.05) is 39.0 Å². The van der Waals surface area contributed by atoms with Crippen LogP contribution in [0, 0.1) is 0 Å². The van der Waals surface area contributed by atoms with Gasteiger partial charge in [-0.2, -0.15) is 0 Å². The van der Waals surface area contributed by atoms with Crippen LogP contribution in [-0.4, -0.2) is 19.8 Å². The van der Waals surface area contributed by atoms with Crippen LogP contribution in [0.25, 0.3) is 0 Å². The highest BCUT2D eigenvalue weighted by atomic mass is 32.2. The Morgan fingerprint density at radius 3 is 2.31 bits per heavy atom. The number of hydrogen-bond acceptors (Lipinski definition) is 1. The molecule has 0 radical (unpaired) electrons. The fraction of sp³-hybridized carbons (Fsp3) is 0.538. The van der Waals surface area contributed by atoms with Gasteiger partial charge < -0.3 is 0 Å². The van der Waals surface area contributed by atoms with Gasteiger partial charge in [0.05, 0.1) is 4.75 Å². The Labute approximate surface area is 100 Å². The first-order valence-corrected chi connectivity index (χ1v) is 6.84. The summed E-state index contributed by atoms with van der Waals surface area (Å²) >= 11 is 0. The lowest BCUT2D eigenvalue weighted by atomic mass is 9.98. The van der Waals surface area contributed by atoms with E-state index in [1.165, 1.54) is 5.56 Å². The Bertz CT molecular complexity index is 383. The fourth-order valence-corrected chi connectivity index (χ4v) is 3.35. The van der Waals surface area contributed by atoms with E-state index in [4.69, 9.17) is 0 Å². The van der Waals surface area contributed by atoms with Crippen molar-refractivity contribution < 1.29 is 4.21 Å². The van der Waals surface area contributed by atoms with Gasteiger partial charge in [-0.3, -0.25) is 0 Å². The number of rotatable bonds is 2. The van der Waals surface area contributed by atoms with Crippen LogP contribution >= 0.6 is 0 Å². The molecule has 1 aromatic carbocycles. The quantitative estimate of drug-likeness (QED) is 0.774. The average Bonchev–Trinajstić information content (AvgIpc) is 2.16. The molecule has 0 spiro atoms. The van der Waals surface area contributed by atoms with Crippen molar-refractivity contribution in [3.8, 4) is 0 Å². The molecule has 0 aliphatic carbocycles. The van der Waals surface area contributed by atoms with Gasteiger partial charge in [-0.25, -0.2) is 8.51 Å². The minimum atomic E-state index is -0.893. The maximum atomic E-state index is 12.3. The number of hydrogen-bond donors (Lipinski definition) is 0. The van der Waals surface area contributed by atoms with Crippen LogP contribution in [0.2, 0.25) is 0 Å². The van der Waals surface area contributed by atoms with Crippen molar-refractivity contribution >= 4 is 11.0 Å². The Morgan fingerprint density at radius 2 is 1.88 bits per heavy atom. The Hall–Kier alpha value is -0.670. The smallest absolute Gasteiger partial charge is 0.100 e. The van der Waals surface area contributed by atoms with Crippen LogP contribution in [0.3, 0.4) is 0 Å². The summed E-state index contributed by atoms with van der Waals surface area (Å²) < 4.78 is 14.2. The zero-order valence-electron chi connectivity index (χ0n) is 10.1. The number of benzene rings is 1. The summed E-state index contributed by atoms with van der Waals surface area (Å²) in [6.45, 7) is 7.04. The molecule has 2 rings (SSSR count). The van der Waals surface area contributed by atoms with Crippen molar-refractivity contribution in [2.24, 2.45) is 0 Å². The van der Waals surface area contributed by atoms with Crippen molar-refractivity contribution in [1.29, 1.82) is 0 Å². The molecule has 0 aromatic heterocycles. The van der Waals surface area contributed by atoms with Crippen LogP contribution in [-0.2, 0) is 11.0 Å². The van der Waals surface area contributed by atoms with E-state index < -0.39 is 11.0 Å². The molecule has 1 aromatic rings. The first-order chi connectivity index (χ1) is 7.50. The summed E-state index contributed by atoms with van der Waals surface area (Å²) in [6.07, 6.45) is 1.12. The maximum Gasteiger partial charge on any atom is 0.100 e. The highest BCUT2D eigenvalue weighted by Gasteiger charge is 2.38. The highest BCUT2D eigenvalue weighted by Crippen LogP contribution is 2.37. The van der Waals surface area contributed by atoms with Gasteiger partial charge in [-0.1, -0.05) is 30.3 Å². The molecule has 88 valence electrons. The minimum absolute atomic E-state index is 0.159. The summed E-state index contributed by atoms with van der Waals surface area (Å²) in [7, 11) is -0.893. The van der Waals surface area contributed by atoms with Gasteiger partial charge in [-0.15, -0.1) is 0 Å². The number of nitrogens with zero attached hydrogens (tertiary/aromatic N) is 1. The van der Waals surface area contributed by atoms with Crippen molar-refractivity contribution in [2.75, 3.05) is 6.54 Å². The average molecular weight is 237 g/mol. The van der Waals surface area contributed by atoms with Crippen molar-refractivity contribution in [2.45, 2.75) is 38.0 Å². The largest absolute Gasteiger partial charge is 0.242 e. The van der Waals surface area contributed by atoms with Gasteiger partial charge in [-0.05, 0) is 32.8 Å². The van der Waals surface area contributed by atoms with Gasteiger partial charge >= 0.3 is 0 Å². The SMILES string of the molecule is CC(C)(C)S(=O)N1CC[C@H]1c1ccccc1. The summed E-state index contributed by atoms with van der Waals surface area (Å²) in [4.78, 5) is 0. The fourth-order valence-electron chi connectivity index (χ4n) is 1.92. The van der Waals surface area contributed by atoms with Crippen molar-refractivity contribution in [1.82, 2.24) is 4.31 Å². The molecule has 1 aliphatic heterocycles. The van der Waals surface area contributed by atoms with Gasteiger partial charge in [0, 0.05) is 12.6 Å². The maximum absolute atomic E-state index is 12.3. The first kappa shape index (κ1) is 11.8. The molecule has 2 nitrogen and oxygen atoms in total. The standard InChI is InChI=1S/C13H19NOS/c1-13(2,3)16(15)14-10-9-12(14)11-7-5-4-6-8-11/h4-8,12H,9-10H2,1-3H3/t12-,16?/m0/s1. The second kappa shape index (κ2) is 4.30. The minimum Gasteiger partial charge on any atom is -0.242 e. The van der Waals surface area contributed by atoms with E-state index >= 15 is 0 Å². The molecule has 0 amide bonds. The summed E-state index contributed by atoms with van der Waals surface area (Å²) in [5.41, 5.74) is 1.28. The van der Waals surface area contributed by atoms with Crippen LogP contribution < -0.4 is 0 Å². The second-order valence-corrected chi connectivity index (χ2v) is 7.41. The zero-order valence-corrected chi connectivity index (χ0v) is 11.0. The Kier molecular flexibility index (Phi) is 3.17. The molecule has 1 unspecified atom stereocenters. The van der Waals surface area contributed by atoms with Crippen LogP contribution in [0.15, 0.2) is 30.3 Å². The molecule has 1 heterocycles. The molecule has 0 saturated carbocycles. The van der Waals surface area contributed by atoms with Gasteiger partial charge in [0.15, 0.2) is 0 Å². The Balaban J connectivity index is 2.13. The molecule has 0 bridgehead atoms. The predicted molar refractivity (Wildman–Crippen MR) is 68.4 cm³/mol. The summed E-state index contributed by atoms with van der Waals surface area (Å²) in [6, 6.07) is 10.7.